The van der Waals surface area contributed by atoms with Crippen LogP contribution in [0.25, 0.3) is 11.4 Å². The van der Waals surface area contributed by atoms with E-state index in [9.17, 15) is 0 Å². The molecule has 1 heterocycles. The molecule has 1 aromatic heterocycles. The van der Waals surface area contributed by atoms with Gasteiger partial charge < -0.3 is 5.32 Å². The van der Waals surface area contributed by atoms with Crippen molar-refractivity contribution in [3.8, 4) is 11.4 Å². The Morgan fingerprint density at radius 1 is 0.833 bits per heavy atom. The number of rotatable bonds is 6. The maximum Gasteiger partial charge on any atom is 0.163 e. The van der Waals surface area contributed by atoms with E-state index in [4.69, 9.17) is 11.6 Å². The van der Waals surface area contributed by atoms with E-state index in [1.807, 2.05) is 84.9 Å². The van der Waals surface area contributed by atoms with Crippen molar-refractivity contribution < 1.29 is 0 Å². The minimum Gasteiger partial charge on any atom is -0.340 e. The van der Waals surface area contributed by atoms with E-state index in [-0.39, 0.29) is 0 Å². The smallest absolute Gasteiger partial charge is 0.163 e. The van der Waals surface area contributed by atoms with E-state index in [1.54, 1.807) is 6.21 Å². The summed E-state index contributed by atoms with van der Waals surface area (Å²) in [5, 5.41) is 8.30. The lowest BCUT2D eigenvalue weighted by Gasteiger charge is -2.10. The SMILES string of the molecule is Cc1ccc(C=NNc2cc(Nc3ccc(Cl)cc3)nc(-c3ccccc3)n2)cc1. The molecular weight excluding hydrogens is 394 g/mol. The number of halogens is 1. The molecule has 0 atom stereocenters. The van der Waals surface area contributed by atoms with Crippen molar-refractivity contribution in [2.75, 3.05) is 10.7 Å². The molecule has 4 aromatic rings. The minimum atomic E-state index is 0.587. The zero-order valence-corrected chi connectivity index (χ0v) is 17.1. The highest BCUT2D eigenvalue weighted by Gasteiger charge is 2.07. The first-order valence-corrected chi connectivity index (χ1v) is 9.86. The first-order valence-electron chi connectivity index (χ1n) is 9.48. The summed E-state index contributed by atoms with van der Waals surface area (Å²) < 4.78 is 0. The molecule has 30 heavy (non-hydrogen) atoms. The number of hydrazone groups is 1. The lowest BCUT2D eigenvalue weighted by atomic mass is 10.2. The Balaban J connectivity index is 1.61. The zero-order valence-electron chi connectivity index (χ0n) is 16.4. The van der Waals surface area contributed by atoms with Crippen LogP contribution in [0.2, 0.25) is 5.02 Å². The molecule has 3 aromatic carbocycles. The van der Waals surface area contributed by atoms with Crippen LogP contribution in [0.1, 0.15) is 11.1 Å². The predicted octanol–water partition coefficient (Wildman–Crippen LogP) is 6.30. The maximum atomic E-state index is 5.98. The van der Waals surface area contributed by atoms with Crippen molar-refractivity contribution in [3.63, 3.8) is 0 Å². The molecule has 0 radical (unpaired) electrons. The van der Waals surface area contributed by atoms with Gasteiger partial charge in [0.25, 0.3) is 0 Å². The van der Waals surface area contributed by atoms with Crippen molar-refractivity contribution >= 4 is 35.1 Å². The predicted molar refractivity (Wildman–Crippen MR) is 125 cm³/mol. The van der Waals surface area contributed by atoms with Gasteiger partial charge in [0.15, 0.2) is 11.6 Å². The van der Waals surface area contributed by atoms with Gasteiger partial charge in [0.1, 0.15) is 5.82 Å². The van der Waals surface area contributed by atoms with E-state index in [0.29, 0.717) is 22.5 Å². The summed E-state index contributed by atoms with van der Waals surface area (Å²) in [5.74, 6) is 1.84. The monoisotopic (exact) mass is 413 g/mol. The van der Waals surface area contributed by atoms with Gasteiger partial charge in [-0.15, -0.1) is 0 Å². The van der Waals surface area contributed by atoms with Crippen LogP contribution in [-0.4, -0.2) is 16.2 Å². The highest BCUT2D eigenvalue weighted by Crippen LogP contribution is 2.23. The molecule has 2 N–H and O–H groups in total. The van der Waals surface area contributed by atoms with Crippen molar-refractivity contribution in [1.29, 1.82) is 0 Å². The second kappa shape index (κ2) is 9.20. The average Bonchev–Trinajstić information content (AvgIpc) is 2.77. The van der Waals surface area contributed by atoms with Gasteiger partial charge in [0.2, 0.25) is 0 Å². The molecule has 0 fully saturated rings. The molecule has 0 saturated heterocycles. The third kappa shape index (κ3) is 5.21. The van der Waals surface area contributed by atoms with Crippen LogP contribution in [0.4, 0.5) is 17.3 Å². The van der Waals surface area contributed by atoms with Crippen LogP contribution in [-0.2, 0) is 0 Å². The van der Waals surface area contributed by atoms with Crippen LogP contribution in [0, 0.1) is 6.92 Å². The van der Waals surface area contributed by atoms with Gasteiger partial charge in [-0.2, -0.15) is 5.10 Å². The molecule has 0 aliphatic rings. The van der Waals surface area contributed by atoms with Gasteiger partial charge >= 0.3 is 0 Å². The molecule has 0 amide bonds. The molecule has 0 aliphatic heterocycles. The third-order valence-corrected chi connectivity index (χ3v) is 4.60. The van der Waals surface area contributed by atoms with Gasteiger partial charge in [-0.1, -0.05) is 71.8 Å². The first kappa shape index (κ1) is 19.6. The fourth-order valence-corrected chi connectivity index (χ4v) is 2.92. The lowest BCUT2D eigenvalue weighted by Crippen LogP contribution is -2.01. The largest absolute Gasteiger partial charge is 0.340 e. The normalized spacial score (nSPS) is 10.9. The van der Waals surface area contributed by atoms with Gasteiger partial charge in [-0.3, -0.25) is 5.43 Å². The highest BCUT2D eigenvalue weighted by molar-refractivity contribution is 6.30. The Kier molecular flexibility index (Phi) is 6.01. The quantitative estimate of drug-likeness (QED) is 0.288. The number of benzene rings is 3. The van der Waals surface area contributed by atoms with Gasteiger partial charge in [-0.05, 0) is 36.8 Å². The molecule has 0 unspecified atom stereocenters. The van der Waals surface area contributed by atoms with Crippen molar-refractivity contribution in [2.45, 2.75) is 6.92 Å². The molecule has 0 saturated carbocycles. The number of anilines is 3. The second-order valence-corrected chi connectivity index (χ2v) is 7.18. The average molecular weight is 414 g/mol. The lowest BCUT2D eigenvalue weighted by molar-refractivity contribution is 1.15. The second-order valence-electron chi connectivity index (χ2n) is 6.74. The Hall–Kier alpha value is -3.70. The number of hydrogen-bond donors (Lipinski definition) is 2. The third-order valence-electron chi connectivity index (χ3n) is 4.34. The summed E-state index contributed by atoms with van der Waals surface area (Å²) in [4.78, 5) is 9.26. The molecule has 0 aliphatic carbocycles. The highest BCUT2D eigenvalue weighted by atomic mass is 35.5. The number of hydrogen-bond acceptors (Lipinski definition) is 5. The summed E-state index contributed by atoms with van der Waals surface area (Å²) >= 11 is 5.98. The standard InChI is InChI=1S/C24H20ClN5/c1-17-7-9-18(10-8-17)16-26-30-23-15-22(27-21-13-11-20(25)12-14-21)28-24(29-23)19-5-3-2-4-6-19/h2-16H,1H3,(H2,27,28,29,30). The van der Waals surface area contributed by atoms with E-state index in [1.165, 1.54) is 5.56 Å². The van der Waals surface area contributed by atoms with Crippen LogP contribution in [0.5, 0.6) is 0 Å². The Bertz CT molecular complexity index is 1140. The molecule has 0 bridgehead atoms. The zero-order chi connectivity index (χ0) is 20.8. The fourth-order valence-electron chi connectivity index (χ4n) is 2.79. The Morgan fingerprint density at radius 3 is 2.27 bits per heavy atom. The van der Waals surface area contributed by atoms with E-state index in [0.717, 1.165) is 16.8 Å². The van der Waals surface area contributed by atoms with E-state index >= 15 is 0 Å². The summed E-state index contributed by atoms with van der Waals surface area (Å²) in [7, 11) is 0. The maximum absolute atomic E-state index is 5.98. The first-order chi connectivity index (χ1) is 14.7. The molecule has 0 spiro atoms. The molecule has 6 heteroatoms. The molecule has 148 valence electrons. The molecule has 5 nitrogen and oxygen atoms in total. The van der Waals surface area contributed by atoms with Gasteiger partial charge in [0.05, 0.1) is 6.21 Å². The summed E-state index contributed by atoms with van der Waals surface area (Å²) in [6, 6.07) is 27.2. The number of aromatic nitrogens is 2. The van der Waals surface area contributed by atoms with Crippen LogP contribution < -0.4 is 10.7 Å². The number of aryl methyl sites for hydroxylation is 1. The topological polar surface area (TPSA) is 62.2 Å². The van der Waals surface area contributed by atoms with E-state index in [2.05, 4.69) is 32.7 Å². The van der Waals surface area contributed by atoms with Gasteiger partial charge in [0, 0.05) is 22.3 Å². The van der Waals surface area contributed by atoms with Crippen molar-refractivity contribution in [1.82, 2.24) is 9.97 Å². The summed E-state index contributed by atoms with van der Waals surface area (Å²) in [5.41, 5.74) is 7.02. The number of nitrogens with one attached hydrogen (secondary N) is 2. The molecule has 4 rings (SSSR count). The Labute approximate surface area is 180 Å². The summed E-state index contributed by atoms with van der Waals surface area (Å²) in [6.07, 6.45) is 1.76. The Morgan fingerprint density at radius 2 is 1.53 bits per heavy atom. The molecular formula is C24H20ClN5. The summed E-state index contributed by atoms with van der Waals surface area (Å²) in [6.45, 7) is 2.06. The van der Waals surface area contributed by atoms with Crippen molar-refractivity contribution in [3.05, 3.63) is 101 Å². The van der Waals surface area contributed by atoms with Crippen LogP contribution in [0.15, 0.2) is 90.0 Å². The van der Waals surface area contributed by atoms with Gasteiger partial charge in [-0.25, -0.2) is 9.97 Å². The van der Waals surface area contributed by atoms with E-state index < -0.39 is 0 Å². The van der Waals surface area contributed by atoms with Crippen LogP contribution in [0.3, 0.4) is 0 Å². The van der Waals surface area contributed by atoms with Crippen molar-refractivity contribution in [2.24, 2.45) is 5.10 Å². The fraction of sp³-hybridized carbons (Fsp3) is 0.0417. The van der Waals surface area contributed by atoms with Crippen LogP contribution >= 0.6 is 11.6 Å². The number of nitrogens with zero attached hydrogens (tertiary/aromatic N) is 3. The minimum absolute atomic E-state index is 0.587.